The summed E-state index contributed by atoms with van der Waals surface area (Å²) in [6.45, 7) is 0.124. The molecular weight excluding hydrogens is 349 g/mol. The number of halogens is 2. The van der Waals surface area contributed by atoms with E-state index in [-0.39, 0.29) is 35.1 Å². The van der Waals surface area contributed by atoms with Gasteiger partial charge in [-0.25, -0.2) is 13.5 Å². The molecule has 2 aromatic carbocycles. The first kappa shape index (κ1) is 16.2. The van der Waals surface area contributed by atoms with E-state index >= 15 is 0 Å². The lowest BCUT2D eigenvalue weighted by Gasteiger charge is -2.01. The Morgan fingerprint density at radius 1 is 1.18 bits per heavy atom. The fourth-order valence-corrected chi connectivity index (χ4v) is 2.44. The number of nitrogen functional groups attached to an aromatic ring is 1. The molecule has 0 aliphatic carbocycles. The third-order valence-electron chi connectivity index (χ3n) is 3.62. The van der Waals surface area contributed by atoms with Crippen LogP contribution in [0.1, 0.15) is 10.4 Å². The zero-order chi connectivity index (χ0) is 15.0. The minimum Gasteiger partial charge on any atom is -1.00 e. The number of imidazole rings is 1. The molecule has 3 rings (SSSR count). The number of aryl methyl sites for hydroxylation is 1. The number of nitrogens with zero attached hydrogens (tertiary/aromatic N) is 2. The van der Waals surface area contributed by atoms with E-state index in [1.165, 1.54) is 24.3 Å². The van der Waals surface area contributed by atoms with Crippen LogP contribution in [0, 0.1) is 5.82 Å². The van der Waals surface area contributed by atoms with E-state index < -0.39 is 0 Å². The Hall–Kier alpha value is -2.21. The molecule has 114 valence electrons. The molecule has 0 radical (unpaired) electrons. The van der Waals surface area contributed by atoms with E-state index in [4.69, 9.17) is 5.73 Å². The lowest BCUT2D eigenvalue weighted by molar-refractivity contribution is -0.630. The number of nitrogens with two attached hydrogens (primary N) is 1. The Morgan fingerprint density at radius 2 is 1.82 bits per heavy atom. The van der Waals surface area contributed by atoms with E-state index in [0.717, 1.165) is 11.0 Å². The molecule has 6 heteroatoms. The molecule has 0 saturated carbocycles. The van der Waals surface area contributed by atoms with E-state index in [0.29, 0.717) is 11.5 Å². The largest absolute Gasteiger partial charge is 1.00 e. The molecular formula is C16H15BrFN3O. The van der Waals surface area contributed by atoms with Crippen LogP contribution >= 0.6 is 0 Å². The van der Waals surface area contributed by atoms with Crippen LogP contribution in [0.5, 0.6) is 0 Å². The lowest BCUT2D eigenvalue weighted by atomic mass is 10.1. The summed E-state index contributed by atoms with van der Waals surface area (Å²) in [4.78, 5) is 12.3. The Labute approximate surface area is 137 Å². The van der Waals surface area contributed by atoms with Gasteiger partial charge in [-0.1, -0.05) is 12.1 Å². The number of ketones is 1. The van der Waals surface area contributed by atoms with Crippen LogP contribution in [-0.4, -0.2) is 10.4 Å². The maximum atomic E-state index is 12.9. The number of hydrogen-bond acceptors (Lipinski definition) is 2. The molecule has 0 unspecified atom stereocenters. The van der Waals surface area contributed by atoms with Gasteiger partial charge < -0.3 is 17.0 Å². The number of rotatable bonds is 3. The summed E-state index contributed by atoms with van der Waals surface area (Å²) in [5, 5.41) is 0. The zero-order valence-corrected chi connectivity index (χ0v) is 13.5. The number of anilines is 1. The second-order valence-corrected chi connectivity index (χ2v) is 4.92. The Bertz CT molecular complexity index is 827. The lowest BCUT2D eigenvalue weighted by Crippen LogP contribution is -3.00. The van der Waals surface area contributed by atoms with Crippen molar-refractivity contribution >= 4 is 22.8 Å². The number of carbonyl (C=O) groups excluding carboxylic acids is 1. The number of carbonyl (C=O) groups is 1. The van der Waals surface area contributed by atoms with E-state index in [9.17, 15) is 9.18 Å². The van der Waals surface area contributed by atoms with Gasteiger partial charge in [-0.3, -0.25) is 10.5 Å². The first-order valence-electron chi connectivity index (χ1n) is 6.59. The number of benzene rings is 2. The SMILES string of the molecule is C[n+]1c(N)n(CC(=O)c2ccc(F)cc2)c2ccccc21.[Br-]. The fourth-order valence-electron chi connectivity index (χ4n) is 2.44. The Kier molecular flexibility index (Phi) is 4.61. The molecule has 0 bridgehead atoms. The smallest absolute Gasteiger partial charge is 0.356 e. The van der Waals surface area contributed by atoms with Gasteiger partial charge in [0.2, 0.25) is 0 Å². The summed E-state index contributed by atoms with van der Waals surface area (Å²) in [6.07, 6.45) is 0. The highest BCUT2D eigenvalue weighted by Crippen LogP contribution is 2.16. The Balaban J connectivity index is 0.00000176. The zero-order valence-electron chi connectivity index (χ0n) is 12.0. The van der Waals surface area contributed by atoms with Crippen molar-refractivity contribution in [2.45, 2.75) is 6.54 Å². The number of Topliss-reactive ketones (excluding diaryl/α,β-unsaturated/α-hetero) is 1. The van der Waals surface area contributed by atoms with Gasteiger partial charge in [0.15, 0.2) is 5.78 Å². The highest BCUT2D eigenvalue weighted by Gasteiger charge is 2.20. The van der Waals surface area contributed by atoms with Crippen LogP contribution in [0.4, 0.5) is 10.3 Å². The van der Waals surface area contributed by atoms with Gasteiger partial charge in [-0.05, 0) is 36.4 Å². The van der Waals surface area contributed by atoms with Gasteiger partial charge >= 0.3 is 5.95 Å². The number of hydrogen-bond donors (Lipinski definition) is 1. The molecule has 0 aliphatic rings. The summed E-state index contributed by atoms with van der Waals surface area (Å²) in [5.74, 6) is 0.0404. The molecule has 0 spiro atoms. The van der Waals surface area contributed by atoms with Crippen molar-refractivity contribution in [2.75, 3.05) is 5.73 Å². The maximum absolute atomic E-state index is 12.9. The Morgan fingerprint density at radius 3 is 2.50 bits per heavy atom. The van der Waals surface area contributed by atoms with Crippen molar-refractivity contribution in [3.8, 4) is 0 Å². The van der Waals surface area contributed by atoms with E-state index in [2.05, 4.69) is 0 Å². The van der Waals surface area contributed by atoms with Crippen molar-refractivity contribution in [1.82, 2.24) is 4.57 Å². The standard InChI is InChI=1S/C16H14FN3O.BrH/c1-19-13-4-2-3-5-14(13)20(16(19)18)10-15(21)11-6-8-12(17)9-7-11;/h2-9,18H,10H2,1H3;1H. The second-order valence-electron chi connectivity index (χ2n) is 4.92. The minimum absolute atomic E-state index is 0. The van der Waals surface area contributed by atoms with Gasteiger partial charge in [-0.15, -0.1) is 0 Å². The van der Waals surface area contributed by atoms with Crippen LogP contribution in [0.25, 0.3) is 11.0 Å². The van der Waals surface area contributed by atoms with E-state index in [1.807, 2.05) is 35.9 Å². The highest BCUT2D eigenvalue weighted by atomic mass is 79.9. The van der Waals surface area contributed by atoms with Crippen LogP contribution in [0.15, 0.2) is 48.5 Å². The molecule has 1 heterocycles. The molecule has 22 heavy (non-hydrogen) atoms. The van der Waals surface area contributed by atoms with Gasteiger partial charge in [0.1, 0.15) is 23.4 Å². The normalized spacial score (nSPS) is 10.5. The summed E-state index contributed by atoms with van der Waals surface area (Å²) in [5.41, 5.74) is 8.40. The highest BCUT2D eigenvalue weighted by molar-refractivity contribution is 5.96. The molecule has 0 fully saturated rings. The molecule has 1 aromatic heterocycles. The number of para-hydroxylation sites is 2. The predicted octanol–water partition coefficient (Wildman–Crippen LogP) is -0.926. The third-order valence-corrected chi connectivity index (χ3v) is 3.62. The van der Waals surface area contributed by atoms with Gasteiger partial charge in [0.05, 0.1) is 7.05 Å². The van der Waals surface area contributed by atoms with Gasteiger partial charge in [0.25, 0.3) is 0 Å². The van der Waals surface area contributed by atoms with Crippen molar-refractivity contribution in [2.24, 2.45) is 7.05 Å². The molecule has 0 aliphatic heterocycles. The summed E-state index contributed by atoms with van der Waals surface area (Å²) < 4.78 is 16.5. The van der Waals surface area contributed by atoms with Crippen molar-refractivity contribution in [3.05, 3.63) is 59.9 Å². The first-order valence-corrected chi connectivity index (χ1v) is 6.59. The van der Waals surface area contributed by atoms with Crippen molar-refractivity contribution < 1.29 is 30.7 Å². The average Bonchev–Trinajstić information content (AvgIpc) is 2.73. The van der Waals surface area contributed by atoms with Gasteiger partial charge in [-0.2, -0.15) is 0 Å². The van der Waals surface area contributed by atoms with Crippen molar-refractivity contribution in [3.63, 3.8) is 0 Å². The van der Waals surface area contributed by atoms with Crippen LogP contribution in [0.3, 0.4) is 0 Å². The molecule has 0 amide bonds. The van der Waals surface area contributed by atoms with Crippen molar-refractivity contribution in [1.29, 1.82) is 0 Å². The van der Waals surface area contributed by atoms with Gasteiger partial charge in [0, 0.05) is 5.56 Å². The molecule has 3 aromatic rings. The minimum atomic E-state index is -0.358. The summed E-state index contributed by atoms with van der Waals surface area (Å²) in [6, 6.07) is 13.2. The first-order chi connectivity index (χ1) is 10.1. The summed E-state index contributed by atoms with van der Waals surface area (Å²) in [7, 11) is 1.86. The summed E-state index contributed by atoms with van der Waals surface area (Å²) >= 11 is 0. The van der Waals surface area contributed by atoms with E-state index in [1.54, 1.807) is 4.57 Å². The molecule has 2 N–H and O–H groups in total. The van der Waals surface area contributed by atoms with Crippen LogP contribution in [0.2, 0.25) is 0 Å². The average molecular weight is 364 g/mol. The fraction of sp³-hybridized carbons (Fsp3) is 0.125. The topological polar surface area (TPSA) is 51.9 Å². The monoisotopic (exact) mass is 363 g/mol. The third kappa shape index (κ3) is 2.74. The molecule has 4 nitrogen and oxygen atoms in total. The second kappa shape index (κ2) is 6.27. The predicted molar refractivity (Wildman–Crippen MR) is 78.3 cm³/mol. The number of fused-ring (bicyclic) bond motifs is 1. The van der Waals surface area contributed by atoms with Crippen LogP contribution in [-0.2, 0) is 13.6 Å². The van der Waals surface area contributed by atoms with Crippen LogP contribution < -0.4 is 27.3 Å². The quantitative estimate of drug-likeness (QED) is 0.483. The maximum Gasteiger partial charge on any atom is 0.356 e. The molecule has 0 atom stereocenters. The molecule has 0 saturated heterocycles. The number of aromatic nitrogens is 2.